The average molecular weight is 422 g/mol. The number of hydrogen-bond acceptors (Lipinski definition) is 7. The van der Waals surface area contributed by atoms with E-state index in [1.54, 1.807) is 12.3 Å². The van der Waals surface area contributed by atoms with Gasteiger partial charge in [0.15, 0.2) is 11.5 Å². The summed E-state index contributed by atoms with van der Waals surface area (Å²) in [7, 11) is 0. The molecule has 1 fully saturated rings. The van der Waals surface area contributed by atoms with E-state index in [4.69, 9.17) is 21.8 Å². The number of carbonyl (C=O) groups excluding carboxylic acids is 1. The van der Waals surface area contributed by atoms with Crippen LogP contribution in [-0.2, 0) is 11.3 Å². The van der Waals surface area contributed by atoms with Gasteiger partial charge < -0.3 is 20.1 Å². The number of ether oxygens (including phenoxy) is 2. The molecular formula is C21H19FN6O3. The Morgan fingerprint density at radius 2 is 2.06 bits per heavy atom. The molecular weight excluding hydrogens is 403 g/mol. The predicted octanol–water partition coefficient (Wildman–Crippen LogP) is 2.97. The Labute approximate surface area is 177 Å². The minimum Gasteiger partial charge on any atom is -0.491 e. The first kappa shape index (κ1) is 19.1. The van der Waals surface area contributed by atoms with E-state index in [9.17, 15) is 9.18 Å². The van der Waals surface area contributed by atoms with E-state index < -0.39 is 11.8 Å². The number of halogens is 1. The molecule has 158 valence electrons. The van der Waals surface area contributed by atoms with Crippen LogP contribution in [0, 0.1) is 18.3 Å². The molecule has 0 atom stereocenters. The molecule has 0 saturated heterocycles. The highest BCUT2D eigenvalue weighted by molar-refractivity contribution is 6.00. The molecule has 0 spiro atoms. The highest BCUT2D eigenvalue weighted by atomic mass is 19.1. The molecule has 2 bridgehead atoms. The monoisotopic (exact) mass is 422 g/mol. The summed E-state index contributed by atoms with van der Waals surface area (Å²) in [6, 6.07) is 4.47. The highest BCUT2D eigenvalue weighted by Crippen LogP contribution is 2.37. The zero-order valence-electron chi connectivity index (χ0n) is 16.5. The van der Waals surface area contributed by atoms with Gasteiger partial charge in [-0.25, -0.2) is 23.5 Å². The molecule has 31 heavy (non-hydrogen) atoms. The average Bonchev–Trinajstić information content (AvgIpc) is 3.50. The number of hydrogen-bond donors (Lipinski definition) is 1. The van der Waals surface area contributed by atoms with E-state index in [1.807, 2.05) is 4.90 Å². The van der Waals surface area contributed by atoms with Gasteiger partial charge in [-0.15, -0.1) is 5.10 Å². The van der Waals surface area contributed by atoms with Gasteiger partial charge in [-0.3, -0.25) is 0 Å². The van der Waals surface area contributed by atoms with Crippen molar-refractivity contribution in [3.05, 3.63) is 52.8 Å². The molecule has 1 aromatic carbocycles. The zero-order valence-corrected chi connectivity index (χ0v) is 16.5. The summed E-state index contributed by atoms with van der Waals surface area (Å²) < 4.78 is 26.9. The Hall–Kier alpha value is -3.87. The molecule has 2 N–H and O–H groups in total. The molecule has 0 unspecified atom stereocenters. The number of cyclic esters (lactones) is 1. The second-order valence-corrected chi connectivity index (χ2v) is 7.61. The minimum absolute atomic E-state index is 0.0276. The van der Waals surface area contributed by atoms with Crippen molar-refractivity contribution in [3.8, 4) is 5.75 Å². The van der Waals surface area contributed by atoms with Crippen molar-refractivity contribution in [2.75, 3.05) is 30.4 Å². The van der Waals surface area contributed by atoms with Crippen molar-refractivity contribution in [1.29, 1.82) is 0 Å². The van der Waals surface area contributed by atoms with E-state index in [0.717, 1.165) is 12.8 Å². The third kappa shape index (κ3) is 3.48. The second-order valence-electron chi connectivity index (χ2n) is 7.61. The van der Waals surface area contributed by atoms with Gasteiger partial charge in [0.25, 0.3) is 0 Å². The summed E-state index contributed by atoms with van der Waals surface area (Å²) >= 11 is 0. The van der Waals surface area contributed by atoms with Crippen LogP contribution in [0.25, 0.3) is 10.5 Å². The fourth-order valence-electron chi connectivity index (χ4n) is 3.71. The summed E-state index contributed by atoms with van der Waals surface area (Å²) in [5.41, 5.74) is 6.69. The number of anilines is 2. The molecule has 3 aromatic rings. The van der Waals surface area contributed by atoms with E-state index in [2.05, 4.69) is 14.9 Å². The molecule has 1 aliphatic heterocycles. The summed E-state index contributed by atoms with van der Waals surface area (Å²) in [6.45, 7) is 8.39. The number of carbonyl (C=O) groups is 1. The maximum atomic E-state index is 14.4. The van der Waals surface area contributed by atoms with Crippen molar-refractivity contribution < 1.29 is 18.7 Å². The molecule has 1 saturated carbocycles. The Kier molecular flexibility index (Phi) is 4.58. The Bertz CT molecular complexity index is 1230. The highest BCUT2D eigenvalue weighted by Gasteiger charge is 2.29. The van der Waals surface area contributed by atoms with Crippen LogP contribution in [-0.4, -0.2) is 40.3 Å². The summed E-state index contributed by atoms with van der Waals surface area (Å²) in [4.78, 5) is 22.6. The molecule has 1 aliphatic carbocycles. The van der Waals surface area contributed by atoms with Gasteiger partial charge in [0.2, 0.25) is 5.69 Å². The molecule has 3 heterocycles. The Morgan fingerprint density at radius 1 is 1.26 bits per heavy atom. The van der Waals surface area contributed by atoms with Crippen molar-refractivity contribution in [3.63, 3.8) is 0 Å². The van der Waals surface area contributed by atoms with Gasteiger partial charge in [-0.2, -0.15) is 0 Å². The topological polar surface area (TPSA) is 99.3 Å². The first-order valence-corrected chi connectivity index (χ1v) is 9.93. The van der Waals surface area contributed by atoms with E-state index in [1.165, 1.54) is 16.6 Å². The van der Waals surface area contributed by atoms with Crippen LogP contribution in [0.1, 0.15) is 28.8 Å². The van der Waals surface area contributed by atoms with Crippen LogP contribution < -0.4 is 15.4 Å². The van der Waals surface area contributed by atoms with Crippen LogP contribution in [0.5, 0.6) is 5.75 Å². The SMILES string of the molecule is [C-]#[N+]c1c(F)ccc2c1CN(CC1CC1)c1ccn3nc(N)c(c3n1)C(=O)OCCO2. The molecule has 9 nitrogen and oxygen atoms in total. The third-order valence-corrected chi connectivity index (χ3v) is 5.43. The normalized spacial score (nSPS) is 16.5. The summed E-state index contributed by atoms with van der Waals surface area (Å²) in [5, 5.41) is 4.14. The maximum absolute atomic E-state index is 14.4. The standard InChI is InChI=1S/C21H19FN6O3/c1-24-18-13-11-27(10-12-2-3-12)16-6-7-28-20(25-16)17(19(23)26-28)21(29)31-9-8-30-15(13)5-4-14(18)22/h4-7,12H,2-3,8-11H2,(H2,23,26). The lowest BCUT2D eigenvalue weighted by molar-refractivity contribution is 0.0453. The lowest BCUT2D eigenvalue weighted by Crippen LogP contribution is -2.27. The van der Waals surface area contributed by atoms with Crippen molar-refractivity contribution in [2.24, 2.45) is 5.92 Å². The van der Waals surface area contributed by atoms with Gasteiger partial charge >= 0.3 is 5.97 Å². The summed E-state index contributed by atoms with van der Waals surface area (Å²) in [6.07, 6.45) is 3.86. The first-order chi connectivity index (χ1) is 15.0. The number of nitrogens with zero attached hydrogens (tertiary/aromatic N) is 5. The van der Waals surface area contributed by atoms with Crippen molar-refractivity contribution >= 4 is 28.9 Å². The smallest absolute Gasteiger partial charge is 0.346 e. The van der Waals surface area contributed by atoms with E-state index >= 15 is 0 Å². The van der Waals surface area contributed by atoms with Crippen molar-refractivity contribution in [2.45, 2.75) is 19.4 Å². The van der Waals surface area contributed by atoms with Crippen LogP contribution in [0.4, 0.5) is 21.7 Å². The fraction of sp³-hybridized carbons (Fsp3) is 0.333. The quantitative estimate of drug-likeness (QED) is 0.501. The zero-order chi connectivity index (χ0) is 21.5. The fourth-order valence-corrected chi connectivity index (χ4v) is 3.71. The third-order valence-electron chi connectivity index (χ3n) is 5.43. The Morgan fingerprint density at radius 3 is 2.84 bits per heavy atom. The maximum Gasteiger partial charge on any atom is 0.346 e. The molecule has 5 rings (SSSR count). The van der Waals surface area contributed by atoms with E-state index in [-0.39, 0.29) is 42.5 Å². The van der Waals surface area contributed by atoms with Crippen LogP contribution in [0.3, 0.4) is 0 Å². The molecule has 2 aromatic heterocycles. The van der Waals surface area contributed by atoms with Crippen molar-refractivity contribution in [1.82, 2.24) is 14.6 Å². The number of rotatable bonds is 2. The molecule has 0 radical (unpaired) electrons. The van der Waals surface area contributed by atoms with Gasteiger partial charge in [0.1, 0.15) is 36.2 Å². The van der Waals surface area contributed by atoms with Crippen LogP contribution in [0.2, 0.25) is 0 Å². The summed E-state index contributed by atoms with van der Waals surface area (Å²) in [5.74, 6) is 0.219. The van der Waals surface area contributed by atoms with Crippen LogP contribution in [0.15, 0.2) is 24.4 Å². The van der Waals surface area contributed by atoms with Gasteiger partial charge in [-0.1, -0.05) is 0 Å². The first-order valence-electron chi connectivity index (χ1n) is 9.93. The minimum atomic E-state index is -0.644. The predicted molar refractivity (Wildman–Crippen MR) is 110 cm³/mol. The van der Waals surface area contributed by atoms with Crippen LogP contribution >= 0.6 is 0 Å². The molecule has 10 heteroatoms. The van der Waals surface area contributed by atoms with Gasteiger partial charge in [0, 0.05) is 24.8 Å². The van der Waals surface area contributed by atoms with Gasteiger partial charge in [0.05, 0.1) is 6.57 Å². The molecule has 0 amide bonds. The number of esters is 1. The number of aromatic nitrogens is 3. The lowest BCUT2D eigenvalue weighted by atomic mass is 10.1. The van der Waals surface area contributed by atoms with E-state index in [0.29, 0.717) is 29.6 Å². The number of fused-ring (bicyclic) bond motifs is 2. The number of nitrogen functional groups attached to an aromatic ring is 1. The lowest BCUT2D eigenvalue weighted by Gasteiger charge is -2.26. The number of benzene rings is 1. The Balaban J connectivity index is 1.67. The number of nitrogens with two attached hydrogens (primary N) is 1. The largest absolute Gasteiger partial charge is 0.491 e. The van der Waals surface area contributed by atoms with Gasteiger partial charge in [-0.05, 0) is 37.0 Å². The second kappa shape index (κ2) is 7.43. The molecule has 2 aliphatic rings.